The van der Waals surface area contributed by atoms with Crippen LogP contribution in [0.25, 0.3) is 0 Å². The average molecular weight is 416 g/mol. The Labute approximate surface area is 163 Å². The van der Waals surface area contributed by atoms with E-state index in [1.54, 1.807) is 19.1 Å². The van der Waals surface area contributed by atoms with Crippen LogP contribution in [0.3, 0.4) is 0 Å². The first kappa shape index (κ1) is 21.2. The molecule has 0 spiro atoms. The van der Waals surface area contributed by atoms with E-state index in [-0.39, 0.29) is 42.0 Å². The number of hydrogen-bond acceptors (Lipinski definition) is 6. The van der Waals surface area contributed by atoms with Crippen molar-refractivity contribution in [3.8, 4) is 5.75 Å². The van der Waals surface area contributed by atoms with Crippen LogP contribution >= 0.6 is 11.6 Å². The predicted octanol–water partition coefficient (Wildman–Crippen LogP) is 2.04. The van der Waals surface area contributed by atoms with E-state index >= 15 is 0 Å². The molecule has 0 aliphatic heterocycles. The van der Waals surface area contributed by atoms with Gasteiger partial charge in [-0.05, 0) is 51.0 Å². The number of halogens is 1. The number of carbonyl (C=O) groups is 1. The van der Waals surface area contributed by atoms with Gasteiger partial charge in [0.1, 0.15) is 16.3 Å². The molecule has 0 saturated carbocycles. The quantitative estimate of drug-likeness (QED) is 0.638. The lowest BCUT2D eigenvalue weighted by Crippen LogP contribution is -2.37. The van der Waals surface area contributed by atoms with Crippen molar-refractivity contribution in [3.05, 3.63) is 39.7 Å². The minimum Gasteiger partial charge on any atom is -0.484 e. The van der Waals surface area contributed by atoms with E-state index < -0.39 is 10.0 Å². The summed E-state index contributed by atoms with van der Waals surface area (Å²) >= 11 is 6.09. The van der Waals surface area contributed by atoms with Gasteiger partial charge >= 0.3 is 0 Å². The zero-order valence-corrected chi connectivity index (χ0v) is 17.1. The van der Waals surface area contributed by atoms with Crippen LogP contribution in [-0.2, 0) is 14.8 Å². The summed E-state index contributed by atoms with van der Waals surface area (Å²) in [4.78, 5) is 11.9. The Morgan fingerprint density at radius 2 is 1.81 bits per heavy atom. The maximum atomic E-state index is 12.2. The molecule has 0 saturated heterocycles. The molecule has 1 aromatic heterocycles. The first-order valence-electron chi connectivity index (χ1n) is 8.20. The number of rotatable bonds is 8. The van der Waals surface area contributed by atoms with Crippen molar-refractivity contribution in [2.45, 2.75) is 32.6 Å². The monoisotopic (exact) mass is 415 g/mol. The van der Waals surface area contributed by atoms with Gasteiger partial charge < -0.3 is 14.6 Å². The van der Waals surface area contributed by atoms with Crippen LogP contribution in [0.1, 0.15) is 22.6 Å². The second-order valence-electron chi connectivity index (χ2n) is 6.06. The van der Waals surface area contributed by atoms with E-state index in [0.717, 1.165) is 11.1 Å². The Kier molecular flexibility index (Phi) is 6.85. The van der Waals surface area contributed by atoms with Crippen LogP contribution in [0.2, 0.25) is 5.02 Å². The Hall–Kier alpha value is -2.10. The molecule has 0 unspecified atom stereocenters. The summed E-state index contributed by atoms with van der Waals surface area (Å²) in [7, 11) is -3.75. The van der Waals surface area contributed by atoms with E-state index in [0.29, 0.717) is 10.8 Å². The molecular formula is C17H22ClN3O5S. The van der Waals surface area contributed by atoms with E-state index in [1.165, 1.54) is 6.92 Å². The van der Waals surface area contributed by atoms with Crippen LogP contribution in [0.5, 0.6) is 5.75 Å². The Balaban J connectivity index is 1.78. The maximum absolute atomic E-state index is 12.2. The van der Waals surface area contributed by atoms with E-state index in [9.17, 15) is 13.2 Å². The summed E-state index contributed by atoms with van der Waals surface area (Å²) in [6.45, 7) is 6.73. The molecule has 148 valence electrons. The third-order valence-electron chi connectivity index (χ3n) is 3.76. The molecule has 8 nitrogen and oxygen atoms in total. The second-order valence-corrected chi connectivity index (χ2v) is 8.14. The van der Waals surface area contributed by atoms with Gasteiger partial charge in [-0.3, -0.25) is 4.79 Å². The summed E-state index contributed by atoms with van der Waals surface area (Å²) < 4.78 is 37.1. The first-order valence-corrected chi connectivity index (χ1v) is 10.1. The molecule has 27 heavy (non-hydrogen) atoms. The summed E-state index contributed by atoms with van der Waals surface area (Å²) in [6.07, 6.45) is 0. The van der Waals surface area contributed by atoms with Gasteiger partial charge in [-0.2, -0.15) is 0 Å². The highest BCUT2D eigenvalue weighted by Crippen LogP contribution is 2.25. The molecule has 1 heterocycles. The van der Waals surface area contributed by atoms with Crippen molar-refractivity contribution in [1.29, 1.82) is 0 Å². The van der Waals surface area contributed by atoms with Gasteiger partial charge in [0, 0.05) is 18.1 Å². The van der Waals surface area contributed by atoms with Gasteiger partial charge in [0.15, 0.2) is 12.4 Å². The number of aromatic nitrogens is 1. The standard InChI is InChI=1S/C17H22ClN3O5S/c1-10-7-14(8-11(2)16(10)18)25-9-15(22)19-5-6-20-27(23,24)17-12(3)21-26-13(17)4/h7-8,20H,5-6,9H2,1-4H3,(H,19,22). The fourth-order valence-electron chi connectivity index (χ4n) is 2.51. The molecule has 0 bridgehead atoms. The van der Waals surface area contributed by atoms with E-state index in [2.05, 4.69) is 15.2 Å². The summed E-state index contributed by atoms with van der Waals surface area (Å²) in [5, 5.41) is 6.87. The molecule has 0 radical (unpaired) electrons. The molecule has 1 aromatic carbocycles. The smallest absolute Gasteiger partial charge is 0.257 e. The topological polar surface area (TPSA) is 111 Å². The van der Waals surface area contributed by atoms with Crippen molar-refractivity contribution in [2.75, 3.05) is 19.7 Å². The second kappa shape index (κ2) is 8.73. The highest BCUT2D eigenvalue weighted by Gasteiger charge is 2.23. The van der Waals surface area contributed by atoms with Gasteiger partial charge in [0.2, 0.25) is 10.0 Å². The highest BCUT2D eigenvalue weighted by atomic mass is 35.5. The summed E-state index contributed by atoms with van der Waals surface area (Å²) in [5.74, 6) is 0.395. The SMILES string of the molecule is Cc1cc(OCC(=O)NCCNS(=O)(=O)c2c(C)noc2C)cc(C)c1Cl. The van der Waals surface area contributed by atoms with Crippen molar-refractivity contribution in [3.63, 3.8) is 0 Å². The number of amides is 1. The normalized spacial score (nSPS) is 11.4. The van der Waals surface area contributed by atoms with Crippen molar-refractivity contribution < 1.29 is 22.5 Å². The predicted molar refractivity (Wildman–Crippen MR) is 101 cm³/mol. The Bertz CT molecular complexity index is 898. The van der Waals surface area contributed by atoms with Crippen molar-refractivity contribution >= 4 is 27.5 Å². The number of benzene rings is 1. The third kappa shape index (κ3) is 5.44. The molecule has 10 heteroatoms. The first-order chi connectivity index (χ1) is 12.6. The number of nitrogens with one attached hydrogen (secondary N) is 2. The average Bonchev–Trinajstić information content (AvgIpc) is 2.94. The summed E-state index contributed by atoms with van der Waals surface area (Å²) in [6, 6.07) is 3.50. The molecule has 1 amide bonds. The van der Waals surface area contributed by atoms with Gasteiger partial charge in [-0.15, -0.1) is 0 Å². The van der Waals surface area contributed by atoms with Crippen LogP contribution in [0.15, 0.2) is 21.6 Å². The third-order valence-corrected chi connectivity index (χ3v) is 6.06. The Morgan fingerprint density at radius 1 is 1.19 bits per heavy atom. The fraction of sp³-hybridized carbons (Fsp3) is 0.412. The number of aryl methyl sites for hydroxylation is 4. The summed E-state index contributed by atoms with van der Waals surface area (Å²) in [5.41, 5.74) is 2.01. The largest absolute Gasteiger partial charge is 0.484 e. The van der Waals surface area contributed by atoms with Gasteiger partial charge in [0.25, 0.3) is 5.91 Å². The molecule has 0 aliphatic carbocycles. The highest BCUT2D eigenvalue weighted by molar-refractivity contribution is 7.89. The molecular weight excluding hydrogens is 394 g/mol. The van der Waals surface area contributed by atoms with Crippen molar-refractivity contribution in [2.24, 2.45) is 0 Å². The lowest BCUT2D eigenvalue weighted by Gasteiger charge is -2.11. The van der Waals surface area contributed by atoms with Crippen LogP contribution < -0.4 is 14.8 Å². The number of ether oxygens (including phenoxy) is 1. The minimum absolute atomic E-state index is 0.0191. The van der Waals surface area contributed by atoms with Crippen LogP contribution in [0, 0.1) is 27.7 Å². The Morgan fingerprint density at radius 3 is 2.37 bits per heavy atom. The van der Waals surface area contributed by atoms with Crippen molar-refractivity contribution in [1.82, 2.24) is 15.2 Å². The maximum Gasteiger partial charge on any atom is 0.257 e. The molecule has 2 N–H and O–H groups in total. The van der Waals surface area contributed by atoms with Crippen LogP contribution in [-0.4, -0.2) is 39.2 Å². The molecule has 0 aliphatic rings. The van der Waals surface area contributed by atoms with E-state index in [4.69, 9.17) is 20.9 Å². The number of hydrogen-bond donors (Lipinski definition) is 2. The number of carbonyl (C=O) groups excluding carboxylic acids is 1. The van der Waals surface area contributed by atoms with Gasteiger partial charge in [0.05, 0.1) is 0 Å². The fourth-order valence-corrected chi connectivity index (χ4v) is 3.97. The number of nitrogens with zero attached hydrogens (tertiary/aromatic N) is 1. The zero-order chi connectivity index (χ0) is 20.2. The zero-order valence-electron chi connectivity index (χ0n) is 15.6. The number of sulfonamides is 1. The van der Waals surface area contributed by atoms with Crippen LogP contribution in [0.4, 0.5) is 0 Å². The minimum atomic E-state index is -3.75. The van der Waals surface area contributed by atoms with E-state index in [1.807, 2.05) is 13.8 Å². The lowest BCUT2D eigenvalue weighted by molar-refractivity contribution is -0.123. The van der Waals surface area contributed by atoms with Gasteiger partial charge in [-0.25, -0.2) is 13.1 Å². The molecule has 2 aromatic rings. The molecule has 2 rings (SSSR count). The molecule has 0 fully saturated rings. The molecule has 0 atom stereocenters. The lowest BCUT2D eigenvalue weighted by atomic mass is 10.1. The van der Waals surface area contributed by atoms with Gasteiger partial charge in [-0.1, -0.05) is 16.8 Å².